The molecule has 0 spiro atoms. The smallest absolute Gasteiger partial charge is 0.417 e. The van der Waals surface area contributed by atoms with Gasteiger partial charge in [-0.05, 0) is 17.7 Å². The largest absolute Gasteiger partial charge is 0.465 e. The van der Waals surface area contributed by atoms with Crippen LogP contribution < -0.4 is 5.76 Å². The van der Waals surface area contributed by atoms with Crippen molar-refractivity contribution in [2.24, 2.45) is 0 Å². The van der Waals surface area contributed by atoms with E-state index < -0.39 is 11.7 Å². The van der Waals surface area contributed by atoms with Crippen LogP contribution in [0.3, 0.4) is 0 Å². The molecule has 1 aromatic heterocycles. The second kappa shape index (κ2) is 3.69. The summed E-state index contributed by atoms with van der Waals surface area (Å²) >= 11 is 0. The van der Waals surface area contributed by atoms with Crippen LogP contribution in [0.1, 0.15) is 5.56 Å². The van der Waals surface area contributed by atoms with Crippen LogP contribution in [0, 0.1) is 0 Å². The minimum absolute atomic E-state index is 0.216. The van der Waals surface area contributed by atoms with E-state index in [0.29, 0.717) is 16.7 Å². The Morgan fingerprint density at radius 1 is 1.50 bits per heavy atom. The Morgan fingerprint density at radius 2 is 2.25 bits per heavy atom. The average molecular weight is 219 g/mol. The number of hydrogen-bond donors (Lipinski definition) is 1. The lowest BCUT2D eigenvalue weighted by atomic mass is 10.1. The predicted octanol–water partition coefficient (Wildman–Crippen LogP) is 1.31. The molecule has 0 fully saturated rings. The molecule has 1 aromatic carbocycles. The molecule has 2 rings (SSSR count). The molecule has 0 aliphatic heterocycles. The van der Waals surface area contributed by atoms with E-state index in [1.807, 2.05) is 0 Å². The van der Waals surface area contributed by atoms with Crippen molar-refractivity contribution in [1.29, 1.82) is 0 Å². The second-order valence-corrected chi connectivity index (χ2v) is 3.20. The van der Waals surface area contributed by atoms with E-state index in [1.165, 1.54) is 7.11 Å². The van der Waals surface area contributed by atoms with Gasteiger partial charge in [-0.1, -0.05) is 12.6 Å². The van der Waals surface area contributed by atoms with Crippen molar-refractivity contribution in [2.45, 2.75) is 0 Å². The number of fused-ring (bicyclic) bond motifs is 1. The number of methoxy groups -OCH3 is 1. The van der Waals surface area contributed by atoms with E-state index in [4.69, 9.17) is 4.42 Å². The maximum absolute atomic E-state index is 11.2. The molecule has 16 heavy (non-hydrogen) atoms. The van der Waals surface area contributed by atoms with E-state index >= 15 is 0 Å². The van der Waals surface area contributed by atoms with E-state index in [2.05, 4.69) is 16.3 Å². The Kier molecular flexibility index (Phi) is 2.36. The number of aromatic amines is 1. The van der Waals surface area contributed by atoms with Gasteiger partial charge < -0.3 is 9.15 Å². The highest BCUT2D eigenvalue weighted by molar-refractivity contribution is 6.16. The molecule has 1 N–H and O–H groups in total. The Labute approximate surface area is 90.3 Å². The summed E-state index contributed by atoms with van der Waals surface area (Å²) in [4.78, 5) is 24.7. The summed E-state index contributed by atoms with van der Waals surface area (Å²) in [6, 6.07) is 4.86. The average Bonchev–Trinajstić information content (AvgIpc) is 2.65. The number of H-pyrrole nitrogens is 1. The Hall–Kier alpha value is -2.30. The second-order valence-electron chi connectivity index (χ2n) is 3.20. The lowest BCUT2D eigenvalue weighted by Gasteiger charge is -2.02. The summed E-state index contributed by atoms with van der Waals surface area (Å²) in [7, 11) is 1.28. The molecule has 0 saturated carbocycles. The Morgan fingerprint density at radius 3 is 2.94 bits per heavy atom. The first kappa shape index (κ1) is 10.2. The number of esters is 1. The van der Waals surface area contributed by atoms with Crippen LogP contribution in [0.4, 0.5) is 0 Å². The molecule has 0 unspecified atom stereocenters. The number of carbonyl (C=O) groups is 1. The van der Waals surface area contributed by atoms with Gasteiger partial charge in [-0.25, -0.2) is 9.59 Å². The molecule has 0 aliphatic rings. The zero-order valence-electron chi connectivity index (χ0n) is 8.57. The lowest BCUT2D eigenvalue weighted by molar-refractivity contribution is -0.133. The molecule has 0 radical (unpaired) electrons. The number of oxazole rings is 1. The highest BCUT2D eigenvalue weighted by Crippen LogP contribution is 2.18. The Bertz CT molecular complexity index is 620. The summed E-state index contributed by atoms with van der Waals surface area (Å²) in [5, 5.41) is 0. The first-order chi connectivity index (χ1) is 7.61. The van der Waals surface area contributed by atoms with Crippen LogP contribution in [0.2, 0.25) is 0 Å². The zero-order chi connectivity index (χ0) is 11.7. The quantitative estimate of drug-likeness (QED) is 0.610. The fourth-order valence-corrected chi connectivity index (χ4v) is 1.37. The molecular formula is C11H9NO4. The van der Waals surface area contributed by atoms with Crippen LogP contribution in [0.15, 0.2) is 34.0 Å². The predicted molar refractivity (Wildman–Crippen MR) is 57.9 cm³/mol. The van der Waals surface area contributed by atoms with Crippen molar-refractivity contribution in [3.8, 4) is 0 Å². The number of carbonyl (C=O) groups excluding carboxylic acids is 1. The van der Waals surface area contributed by atoms with Gasteiger partial charge in [-0.2, -0.15) is 0 Å². The molecule has 0 atom stereocenters. The van der Waals surface area contributed by atoms with Crippen LogP contribution in [0.25, 0.3) is 16.7 Å². The highest BCUT2D eigenvalue weighted by Gasteiger charge is 2.11. The topological polar surface area (TPSA) is 72.3 Å². The van der Waals surface area contributed by atoms with Gasteiger partial charge in [-0.15, -0.1) is 0 Å². The minimum atomic E-state index is -0.532. The van der Waals surface area contributed by atoms with Crippen LogP contribution in [-0.4, -0.2) is 18.1 Å². The normalized spacial score (nSPS) is 10.3. The molecule has 0 saturated heterocycles. The summed E-state index contributed by atoms with van der Waals surface area (Å²) < 4.78 is 9.41. The van der Waals surface area contributed by atoms with E-state index in [1.54, 1.807) is 18.2 Å². The third kappa shape index (κ3) is 1.63. The van der Waals surface area contributed by atoms with E-state index in [0.717, 1.165) is 0 Å². The SMILES string of the molecule is C=C(C(=O)OC)c1ccc2[nH]c(=O)oc2c1. The van der Waals surface area contributed by atoms with Crippen LogP contribution >= 0.6 is 0 Å². The summed E-state index contributed by atoms with van der Waals surface area (Å²) in [5.41, 5.74) is 1.73. The number of ether oxygens (including phenoxy) is 1. The van der Waals surface area contributed by atoms with Gasteiger partial charge >= 0.3 is 11.7 Å². The monoisotopic (exact) mass is 219 g/mol. The fourth-order valence-electron chi connectivity index (χ4n) is 1.37. The number of rotatable bonds is 2. The minimum Gasteiger partial charge on any atom is -0.465 e. The number of benzene rings is 1. The van der Waals surface area contributed by atoms with Gasteiger partial charge in [0.1, 0.15) is 0 Å². The maximum atomic E-state index is 11.2. The molecule has 0 bridgehead atoms. The first-order valence-electron chi connectivity index (χ1n) is 4.52. The third-order valence-corrected chi connectivity index (χ3v) is 2.20. The van der Waals surface area contributed by atoms with E-state index in [-0.39, 0.29) is 5.57 Å². The summed E-state index contributed by atoms with van der Waals surface area (Å²) in [5.74, 6) is -1.05. The van der Waals surface area contributed by atoms with Crippen molar-refractivity contribution in [3.05, 3.63) is 40.9 Å². The first-order valence-corrected chi connectivity index (χ1v) is 4.52. The molecule has 5 heteroatoms. The highest BCUT2D eigenvalue weighted by atomic mass is 16.5. The van der Waals surface area contributed by atoms with E-state index in [9.17, 15) is 9.59 Å². The number of aromatic nitrogens is 1. The van der Waals surface area contributed by atoms with Crippen molar-refractivity contribution in [1.82, 2.24) is 4.98 Å². The van der Waals surface area contributed by atoms with Gasteiger partial charge in [0, 0.05) is 0 Å². The van der Waals surface area contributed by atoms with Crippen molar-refractivity contribution < 1.29 is 13.9 Å². The third-order valence-electron chi connectivity index (χ3n) is 2.20. The van der Waals surface area contributed by atoms with Gasteiger partial charge in [0.15, 0.2) is 5.58 Å². The van der Waals surface area contributed by atoms with Gasteiger partial charge in [0.05, 0.1) is 18.2 Å². The van der Waals surface area contributed by atoms with Crippen LogP contribution in [0.5, 0.6) is 0 Å². The molecule has 1 heterocycles. The molecule has 82 valence electrons. The molecule has 5 nitrogen and oxygen atoms in total. The molecular weight excluding hydrogens is 210 g/mol. The van der Waals surface area contributed by atoms with Gasteiger partial charge in [0.25, 0.3) is 0 Å². The molecule has 0 amide bonds. The van der Waals surface area contributed by atoms with Crippen molar-refractivity contribution in [2.75, 3.05) is 7.11 Å². The zero-order valence-corrected chi connectivity index (χ0v) is 8.57. The van der Waals surface area contributed by atoms with Gasteiger partial charge in [0.2, 0.25) is 0 Å². The van der Waals surface area contributed by atoms with Crippen molar-refractivity contribution >= 4 is 22.6 Å². The van der Waals surface area contributed by atoms with Crippen LogP contribution in [-0.2, 0) is 9.53 Å². The maximum Gasteiger partial charge on any atom is 0.417 e. The molecule has 2 aromatic rings. The standard InChI is InChI=1S/C11H9NO4/c1-6(10(13)15-2)7-3-4-8-9(5-7)16-11(14)12-8/h3-5H,1H2,2H3,(H,12,14). The fraction of sp³-hybridized carbons (Fsp3) is 0.0909. The Balaban J connectivity index is 2.50. The number of nitrogens with one attached hydrogen (secondary N) is 1. The summed E-state index contributed by atoms with van der Waals surface area (Å²) in [6.07, 6.45) is 0. The van der Waals surface area contributed by atoms with Gasteiger partial charge in [-0.3, -0.25) is 4.98 Å². The summed E-state index contributed by atoms with van der Waals surface area (Å²) in [6.45, 7) is 3.60. The van der Waals surface area contributed by atoms with Crippen molar-refractivity contribution in [3.63, 3.8) is 0 Å². The lowest BCUT2D eigenvalue weighted by Crippen LogP contribution is -2.02. The number of hydrogen-bond acceptors (Lipinski definition) is 4. The molecule has 0 aliphatic carbocycles.